The number of nitrogens with one attached hydrogen (secondary N) is 1. The summed E-state index contributed by atoms with van der Waals surface area (Å²) in [6.07, 6.45) is 2.17. The molecule has 1 aliphatic carbocycles. The maximum Gasteiger partial charge on any atom is 0.264 e. The molecule has 4 aromatic rings. The van der Waals surface area contributed by atoms with Crippen LogP contribution in [0.25, 0.3) is 22.6 Å². The molecule has 2 aromatic heterocycles. The van der Waals surface area contributed by atoms with Crippen molar-refractivity contribution in [1.29, 1.82) is 0 Å². The summed E-state index contributed by atoms with van der Waals surface area (Å²) in [5.41, 5.74) is 1.94. The fourth-order valence-corrected chi connectivity index (χ4v) is 4.16. The first-order chi connectivity index (χ1) is 16.5. The molecular weight excluding hydrogens is 458 g/mol. The zero-order chi connectivity index (χ0) is 23.8. The Balaban J connectivity index is 1.64. The number of aromatic hydroxyl groups is 1. The molecule has 2 aromatic carbocycles. The molecule has 34 heavy (non-hydrogen) atoms. The van der Waals surface area contributed by atoms with Gasteiger partial charge >= 0.3 is 0 Å². The number of pyridine rings is 1. The second-order valence-electron chi connectivity index (χ2n) is 8.08. The predicted molar refractivity (Wildman–Crippen MR) is 127 cm³/mol. The Bertz CT molecular complexity index is 1390. The minimum atomic E-state index is -0.501. The minimum Gasteiger partial charge on any atom is -0.506 e. The van der Waals surface area contributed by atoms with Crippen molar-refractivity contribution in [3.8, 4) is 39.8 Å². The molecule has 2 heterocycles. The van der Waals surface area contributed by atoms with Gasteiger partial charge in [0, 0.05) is 10.7 Å². The van der Waals surface area contributed by atoms with Crippen LogP contribution < -0.4 is 15.0 Å². The van der Waals surface area contributed by atoms with Gasteiger partial charge in [0.15, 0.2) is 0 Å². The fourth-order valence-electron chi connectivity index (χ4n) is 4.04. The Hall–Kier alpha value is -3.78. The number of halogens is 1. The maximum atomic E-state index is 13.1. The van der Waals surface area contributed by atoms with E-state index in [9.17, 15) is 9.90 Å². The number of hydrogen-bond acceptors (Lipinski definition) is 7. The summed E-state index contributed by atoms with van der Waals surface area (Å²) in [6, 6.07) is 12.6. The number of aromatic nitrogens is 3. The van der Waals surface area contributed by atoms with Gasteiger partial charge in [0.1, 0.15) is 22.8 Å². The summed E-state index contributed by atoms with van der Waals surface area (Å²) in [5, 5.41) is 20.2. The van der Waals surface area contributed by atoms with Gasteiger partial charge in [0.25, 0.3) is 11.4 Å². The van der Waals surface area contributed by atoms with E-state index < -0.39 is 5.56 Å². The van der Waals surface area contributed by atoms with Crippen molar-refractivity contribution in [3.05, 3.63) is 75.0 Å². The highest BCUT2D eigenvalue weighted by molar-refractivity contribution is 6.30. The molecule has 5 rings (SSSR count). The van der Waals surface area contributed by atoms with E-state index in [1.54, 1.807) is 44.6 Å². The summed E-state index contributed by atoms with van der Waals surface area (Å²) >= 11 is 5.95. The second-order valence-corrected chi connectivity index (χ2v) is 8.52. The second kappa shape index (κ2) is 8.87. The average Bonchev–Trinajstić information content (AvgIpc) is 3.59. The molecule has 0 radical (unpaired) electrons. The monoisotopic (exact) mass is 479 g/mol. The summed E-state index contributed by atoms with van der Waals surface area (Å²) in [6.45, 7) is 0. The number of rotatable bonds is 7. The molecule has 9 heteroatoms. The molecule has 1 saturated carbocycles. The molecule has 174 valence electrons. The molecule has 0 aliphatic heterocycles. The first-order valence-corrected chi connectivity index (χ1v) is 11.2. The van der Waals surface area contributed by atoms with Crippen LogP contribution in [0.4, 0.5) is 0 Å². The van der Waals surface area contributed by atoms with Gasteiger partial charge in [0.2, 0.25) is 5.89 Å². The van der Waals surface area contributed by atoms with Gasteiger partial charge in [-0.05, 0) is 48.6 Å². The molecule has 0 saturated heterocycles. The summed E-state index contributed by atoms with van der Waals surface area (Å²) in [7, 11) is 3.08. The highest BCUT2D eigenvalue weighted by Gasteiger charge is 2.34. The van der Waals surface area contributed by atoms with Crippen molar-refractivity contribution in [2.24, 2.45) is 0 Å². The quantitative estimate of drug-likeness (QED) is 0.386. The molecule has 8 nitrogen and oxygen atoms in total. The van der Waals surface area contributed by atoms with Gasteiger partial charge in [-0.3, -0.25) is 4.79 Å². The van der Waals surface area contributed by atoms with E-state index in [4.69, 9.17) is 25.5 Å². The number of ether oxygens (including phenoxy) is 2. The van der Waals surface area contributed by atoms with E-state index in [1.165, 1.54) is 0 Å². The molecule has 0 unspecified atom stereocenters. The Labute approximate surface area is 200 Å². The molecule has 0 spiro atoms. The van der Waals surface area contributed by atoms with Crippen LogP contribution in [0.5, 0.6) is 17.2 Å². The highest BCUT2D eigenvalue weighted by atomic mass is 35.5. The Morgan fingerprint density at radius 2 is 1.71 bits per heavy atom. The lowest BCUT2D eigenvalue weighted by molar-refractivity contribution is 0.396. The summed E-state index contributed by atoms with van der Waals surface area (Å²) in [5.74, 6) is 1.11. The van der Waals surface area contributed by atoms with Crippen molar-refractivity contribution < 1.29 is 19.0 Å². The van der Waals surface area contributed by atoms with Crippen LogP contribution in [0.15, 0.2) is 51.7 Å². The van der Waals surface area contributed by atoms with Crippen LogP contribution in [0.2, 0.25) is 5.02 Å². The topological polar surface area (TPSA) is 110 Å². The van der Waals surface area contributed by atoms with Crippen molar-refractivity contribution in [3.63, 3.8) is 0 Å². The number of nitrogens with zero attached hydrogens (tertiary/aromatic N) is 2. The maximum absolute atomic E-state index is 13.1. The number of methoxy groups -OCH3 is 2. The lowest BCUT2D eigenvalue weighted by Crippen LogP contribution is -2.14. The largest absolute Gasteiger partial charge is 0.506 e. The summed E-state index contributed by atoms with van der Waals surface area (Å²) < 4.78 is 16.9. The van der Waals surface area contributed by atoms with Crippen LogP contribution in [0.1, 0.15) is 35.9 Å². The van der Waals surface area contributed by atoms with Gasteiger partial charge in [-0.25, -0.2) is 0 Å². The third-order valence-corrected chi connectivity index (χ3v) is 6.08. The third-order valence-electron chi connectivity index (χ3n) is 5.83. The molecule has 0 amide bonds. The number of aromatic amines is 1. The Kier molecular flexibility index (Phi) is 5.75. The van der Waals surface area contributed by atoms with E-state index >= 15 is 0 Å². The molecule has 0 bridgehead atoms. The lowest BCUT2D eigenvalue weighted by atomic mass is 9.96. The van der Waals surface area contributed by atoms with Gasteiger partial charge < -0.3 is 24.0 Å². The van der Waals surface area contributed by atoms with Crippen molar-refractivity contribution in [2.75, 3.05) is 14.2 Å². The number of H-pyrrole nitrogens is 1. The fraction of sp³-hybridized carbons (Fsp3) is 0.240. The Morgan fingerprint density at radius 1 is 1.03 bits per heavy atom. The lowest BCUT2D eigenvalue weighted by Gasteiger charge is -2.18. The van der Waals surface area contributed by atoms with E-state index in [0.717, 1.165) is 18.4 Å². The normalized spacial score (nSPS) is 13.1. The van der Waals surface area contributed by atoms with E-state index in [2.05, 4.69) is 15.2 Å². The highest BCUT2D eigenvalue weighted by Crippen LogP contribution is 2.51. The van der Waals surface area contributed by atoms with Crippen LogP contribution in [0.3, 0.4) is 0 Å². The SMILES string of the molecule is COc1cccc(OC)c1-c1c(C2CC2)[nH]c(=O)c(-c2nnc(Cc3ccc(Cl)cc3)o2)c1O. The number of hydrogen-bond donors (Lipinski definition) is 2. The van der Waals surface area contributed by atoms with Gasteiger partial charge in [-0.2, -0.15) is 0 Å². The van der Waals surface area contributed by atoms with Gasteiger partial charge in [-0.15, -0.1) is 10.2 Å². The third kappa shape index (κ3) is 4.01. The van der Waals surface area contributed by atoms with Crippen molar-refractivity contribution >= 4 is 11.6 Å². The van der Waals surface area contributed by atoms with Crippen molar-refractivity contribution in [1.82, 2.24) is 15.2 Å². The standard InChI is InChI=1S/C25H22ClN3O5/c1-32-16-4-3-5-17(33-2)19(16)20-22(14-8-9-14)27-24(31)21(23(20)30)25-29-28-18(34-25)12-13-6-10-15(26)11-7-13/h3-7,10-11,14H,8-9,12H2,1-2H3,(H2,27,30,31). The van der Waals surface area contributed by atoms with E-state index in [1.807, 2.05) is 12.1 Å². The predicted octanol–water partition coefficient (Wildman–Crippen LogP) is 4.94. The zero-order valence-corrected chi connectivity index (χ0v) is 19.3. The Morgan fingerprint density at radius 3 is 2.32 bits per heavy atom. The van der Waals surface area contributed by atoms with Gasteiger partial charge in [-0.1, -0.05) is 29.8 Å². The molecule has 1 fully saturated rings. The van der Waals surface area contributed by atoms with Gasteiger partial charge in [0.05, 0.1) is 31.8 Å². The summed E-state index contributed by atoms with van der Waals surface area (Å²) in [4.78, 5) is 16.0. The van der Waals surface area contributed by atoms with Crippen molar-refractivity contribution in [2.45, 2.75) is 25.2 Å². The molecular formula is C25H22ClN3O5. The van der Waals surface area contributed by atoms with Crippen LogP contribution >= 0.6 is 11.6 Å². The average molecular weight is 480 g/mol. The van der Waals surface area contributed by atoms with E-state index in [-0.39, 0.29) is 23.1 Å². The van der Waals surface area contributed by atoms with Crippen LogP contribution in [0, 0.1) is 0 Å². The molecule has 2 N–H and O–H groups in total. The van der Waals surface area contributed by atoms with E-state index in [0.29, 0.717) is 45.7 Å². The van der Waals surface area contributed by atoms with Crippen LogP contribution in [-0.2, 0) is 6.42 Å². The number of benzene rings is 2. The van der Waals surface area contributed by atoms with Crippen LogP contribution in [-0.4, -0.2) is 34.5 Å². The smallest absolute Gasteiger partial charge is 0.264 e. The molecule has 0 atom stereocenters. The first-order valence-electron chi connectivity index (χ1n) is 10.8. The zero-order valence-electron chi connectivity index (χ0n) is 18.6. The first kappa shape index (κ1) is 22.0. The molecule has 1 aliphatic rings. The minimum absolute atomic E-state index is 0.0693.